The third kappa shape index (κ3) is 3.16. The minimum absolute atomic E-state index is 0.0228. The van der Waals surface area contributed by atoms with Crippen molar-refractivity contribution in [2.24, 2.45) is 0 Å². The van der Waals surface area contributed by atoms with Gasteiger partial charge in [-0.15, -0.1) is 11.3 Å². The van der Waals surface area contributed by atoms with Crippen LogP contribution in [-0.4, -0.2) is 34.6 Å². The first kappa shape index (κ1) is 14.8. The van der Waals surface area contributed by atoms with E-state index in [4.69, 9.17) is 9.26 Å². The van der Waals surface area contributed by atoms with Gasteiger partial charge < -0.3 is 14.2 Å². The number of amides is 1. The van der Waals surface area contributed by atoms with E-state index in [0.29, 0.717) is 18.4 Å². The zero-order valence-electron chi connectivity index (χ0n) is 13.0. The molecule has 2 aliphatic rings. The Kier molecular flexibility index (Phi) is 3.90. The highest BCUT2D eigenvalue weighted by molar-refractivity contribution is 7.14. The third-order valence-electron chi connectivity index (χ3n) is 4.23. The molecule has 1 atom stereocenters. The van der Waals surface area contributed by atoms with Gasteiger partial charge in [0.25, 0.3) is 5.91 Å². The Labute approximate surface area is 138 Å². The van der Waals surface area contributed by atoms with Crippen molar-refractivity contribution in [1.82, 2.24) is 15.0 Å². The van der Waals surface area contributed by atoms with Crippen LogP contribution in [0.5, 0.6) is 0 Å². The number of aromatic nitrogens is 2. The van der Waals surface area contributed by atoms with Gasteiger partial charge in [-0.3, -0.25) is 4.79 Å². The second-order valence-electron chi connectivity index (χ2n) is 6.19. The lowest BCUT2D eigenvalue weighted by Crippen LogP contribution is -2.25. The number of carbonyl (C=O) groups excluding carboxylic acids is 1. The molecule has 0 unspecified atom stereocenters. The Morgan fingerprint density at radius 1 is 1.39 bits per heavy atom. The van der Waals surface area contributed by atoms with Gasteiger partial charge in [-0.05, 0) is 37.8 Å². The molecule has 2 aromatic heterocycles. The molecular formula is C16H19N3O3S. The summed E-state index contributed by atoms with van der Waals surface area (Å²) in [7, 11) is 1.76. The minimum atomic E-state index is -0.0228. The standard InChI is InChI=1S/C16H19N3O3S/c1-19(9-14-17-15(18-22-14)10-4-5-10)16(20)13-7-6-12(23-13)11-3-2-8-21-11/h6-7,10-11H,2-5,8-9H2,1H3/t11-/m1/s1. The number of hydrogen-bond acceptors (Lipinski definition) is 6. The average molecular weight is 333 g/mol. The summed E-state index contributed by atoms with van der Waals surface area (Å²) in [5, 5.41) is 3.98. The van der Waals surface area contributed by atoms with E-state index in [1.165, 1.54) is 11.3 Å². The Bertz CT molecular complexity index is 701. The highest BCUT2D eigenvalue weighted by Crippen LogP contribution is 2.38. The van der Waals surface area contributed by atoms with E-state index in [9.17, 15) is 4.79 Å². The molecule has 1 saturated heterocycles. The number of hydrogen-bond donors (Lipinski definition) is 0. The first-order valence-electron chi connectivity index (χ1n) is 8.00. The van der Waals surface area contributed by atoms with Crippen LogP contribution in [0.15, 0.2) is 16.7 Å². The van der Waals surface area contributed by atoms with Gasteiger partial charge in [0.2, 0.25) is 5.89 Å². The van der Waals surface area contributed by atoms with E-state index >= 15 is 0 Å². The Morgan fingerprint density at radius 3 is 3.00 bits per heavy atom. The normalized spacial score (nSPS) is 20.8. The number of rotatable bonds is 5. The van der Waals surface area contributed by atoms with Gasteiger partial charge in [-0.25, -0.2) is 0 Å². The first-order valence-corrected chi connectivity index (χ1v) is 8.81. The zero-order valence-corrected chi connectivity index (χ0v) is 13.8. The Morgan fingerprint density at radius 2 is 2.26 bits per heavy atom. The second kappa shape index (κ2) is 6.05. The van der Waals surface area contributed by atoms with Crippen LogP contribution in [0.4, 0.5) is 0 Å². The number of carbonyl (C=O) groups is 1. The maximum absolute atomic E-state index is 12.5. The molecule has 0 aromatic carbocycles. The molecule has 1 saturated carbocycles. The van der Waals surface area contributed by atoms with Crippen LogP contribution in [0.2, 0.25) is 0 Å². The van der Waals surface area contributed by atoms with Gasteiger partial charge in [0, 0.05) is 24.4 Å². The summed E-state index contributed by atoms with van der Waals surface area (Å²) in [4.78, 5) is 20.4. The van der Waals surface area contributed by atoms with Crippen LogP contribution in [0, 0.1) is 0 Å². The summed E-state index contributed by atoms with van der Waals surface area (Å²) in [6, 6.07) is 3.88. The van der Waals surface area contributed by atoms with E-state index in [1.54, 1.807) is 11.9 Å². The van der Waals surface area contributed by atoms with E-state index in [2.05, 4.69) is 10.1 Å². The monoisotopic (exact) mass is 333 g/mol. The molecule has 7 heteroatoms. The lowest BCUT2D eigenvalue weighted by atomic mass is 10.2. The molecule has 122 valence electrons. The smallest absolute Gasteiger partial charge is 0.264 e. The van der Waals surface area contributed by atoms with E-state index in [1.807, 2.05) is 12.1 Å². The highest BCUT2D eigenvalue weighted by atomic mass is 32.1. The first-order chi connectivity index (χ1) is 11.2. The Hall–Kier alpha value is -1.73. The summed E-state index contributed by atoms with van der Waals surface area (Å²) < 4.78 is 10.9. The van der Waals surface area contributed by atoms with Crippen LogP contribution < -0.4 is 0 Å². The molecule has 4 rings (SSSR count). The quantitative estimate of drug-likeness (QED) is 0.841. The lowest BCUT2D eigenvalue weighted by Gasteiger charge is -2.13. The number of nitrogens with zero attached hydrogens (tertiary/aromatic N) is 3. The van der Waals surface area contributed by atoms with Crippen molar-refractivity contribution in [2.45, 2.75) is 44.2 Å². The fraction of sp³-hybridized carbons (Fsp3) is 0.562. The van der Waals surface area contributed by atoms with Gasteiger partial charge in [0.05, 0.1) is 11.0 Å². The molecule has 0 N–H and O–H groups in total. The fourth-order valence-electron chi connectivity index (χ4n) is 2.75. The maximum atomic E-state index is 12.5. The van der Waals surface area contributed by atoms with Crippen LogP contribution in [0.25, 0.3) is 0 Å². The summed E-state index contributed by atoms with van der Waals surface area (Å²) >= 11 is 1.51. The third-order valence-corrected chi connectivity index (χ3v) is 5.40. The van der Waals surface area contributed by atoms with Gasteiger partial charge in [0.15, 0.2) is 5.82 Å². The van der Waals surface area contributed by atoms with E-state index < -0.39 is 0 Å². The number of thiophene rings is 1. The second-order valence-corrected chi connectivity index (χ2v) is 7.30. The summed E-state index contributed by atoms with van der Waals surface area (Å²) in [5.74, 6) is 1.71. The predicted octanol–water partition coefficient (Wildman–Crippen LogP) is 3.13. The fourth-order valence-corrected chi connectivity index (χ4v) is 3.83. The van der Waals surface area contributed by atoms with Crippen molar-refractivity contribution in [3.63, 3.8) is 0 Å². The molecule has 1 aliphatic heterocycles. The van der Waals surface area contributed by atoms with Crippen LogP contribution >= 0.6 is 11.3 Å². The van der Waals surface area contributed by atoms with Crippen LogP contribution in [-0.2, 0) is 11.3 Å². The molecule has 6 nitrogen and oxygen atoms in total. The van der Waals surface area contributed by atoms with Crippen molar-refractivity contribution in [1.29, 1.82) is 0 Å². The van der Waals surface area contributed by atoms with Gasteiger partial charge in [-0.1, -0.05) is 5.16 Å². The molecule has 0 radical (unpaired) electrons. The van der Waals surface area contributed by atoms with Gasteiger partial charge in [-0.2, -0.15) is 4.98 Å². The summed E-state index contributed by atoms with van der Waals surface area (Å²) in [6.07, 6.45) is 4.55. The molecule has 0 spiro atoms. The van der Waals surface area contributed by atoms with Crippen molar-refractivity contribution in [3.8, 4) is 0 Å². The molecule has 2 aromatic rings. The lowest BCUT2D eigenvalue weighted by molar-refractivity contribution is 0.0774. The molecule has 23 heavy (non-hydrogen) atoms. The summed E-state index contributed by atoms with van der Waals surface area (Å²) in [5.41, 5.74) is 0. The zero-order chi connectivity index (χ0) is 15.8. The van der Waals surface area contributed by atoms with E-state index in [0.717, 1.165) is 47.9 Å². The molecule has 0 bridgehead atoms. The molecule has 1 aliphatic carbocycles. The van der Waals surface area contributed by atoms with Gasteiger partial charge in [0.1, 0.15) is 6.54 Å². The predicted molar refractivity (Wildman–Crippen MR) is 84.3 cm³/mol. The van der Waals surface area contributed by atoms with Crippen LogP contribution in [0.3, 0.4) is 0 Å². The average Bonchev–Trinajstić information content (AvgIpc) is 3.02. The Balaban J connectivity index is 1.40. The molecule has 2 fully saturated rings. The SMILES string of the molecule is CN(Cc1nc(C2CC2)no1)C(=O)c1ccc([C@H]2CCCO2)s1. The topological polar surface area (TPSA) is 68.5 Å². The molecular weight excluding hydrogens is 314 g/mol. The van der Waals surface area contributed by atoms with Crippen LogP contribution in [0.1, 0.15) is 64.0 Å². The van der Waals surface area contributed by atoms with Crippen molar-refractivity contribution in [2.75, 3.05) is 13.7 Å². The maximum Gasteiger partial charge on any atom is 0.264 e. The largest absolute Gasteiger partial charge is 0.373 e. The molecule has 3 heterocycles. The summed E-state index contributed by atoms with van der Waals surface area (Å²) in [6.45, 7) is 1.15. The van der Waals surface area contributed by atoms with Crippen molar-refractivity contribution < 1.29 is 14.1 Å². The van der Waals surface area contributed by atoms with Gasteiger partial charge >= 0.3 is 0 Å². The highest BCUT2D eigenvalue weighted by Gasteiger charge is 2.29. The number of ether oxygens (including phenoxy) is 1. The van der Waals surface area contributed by atoms with E-state index in [-0.39, 0.29) is 12.0 Å². The van der Waals surface area contributed by atoms with Crippen molar-refractivity contribution in [3.05, 3.63) is 33.6 Å². The minimum Gasteiger partial charge on any atom is -0.373 e. The van der Waals surface area contributed by atoms with Crippen molar-refractivity contribution >= 4 is 17.2 Å². The molecule has 1 amide bonds.